The normalized spacial score (nSPS) is 12.4. The lowest BCUT2D eigenvalue weighted by Crippen LogP contribution is -2.21. The number of halogens is 2. The Morgan fingerprint density at radius 3 is 2.40 bits per heavy atom. The highest BCUT2D eigenvalue weighted by molar-refractivity contribution is 6.34. The summed E-state index contributed by atoms with van der Waals surface area (Å²) in [7, 11) is 1.92. The number of aromatic nitrogens is 1. The monoisotopic (exact) mass is 308 g/mol. The van der Waals surface area contributed by atoms with Crippen LogP contribution < -0.4 is 5.32 Å². The Labute approximate surface area is 130 Å². The van der Waals surface area contributed by atoms with Crippen molar-refractivity contribution in [2.45, 2.75) is 26.3 Å². The summed E-state index contributed by atoms with van der Waals surface area (Å²) in [4.78, 5) is 4.38. The summed E-state index contributed by atoms with van der Waals surface area (Å²) in [5.74, 6) is 0. The van der Waals surface area contributed by atoms with E-state index < -0.39 is 0 Å². The van der Waals surface area contributed by atoms with Gasteiger partial charge in [0.05, 0.1) is 21.8 Å². The number of nitrogens with one attached hydrogen (secondary N) is 1. The second-order valence-electron chi connectivity index (χ2n) is 4.94. The van der Waals surface area contributed by atoms with Gasteiger partial charge in [-0.15, -0.1) is 0 Å². The molecule has 0 spiro atoms. The van der Waals surface area contributed by atoms with Gasteiger partial charge in [-0.25, -0.2) is 0 Å². The third kappa shape index (κ3) is 3.32. The first kappa shape index (κ1) is 15.3. The molecule has 0 saturated heterocycles. The molecule has 1 aromatic carbocycles. The molecule has 2 nitrogen and oxygen atoms in total. The van der Waals surface area contributed by atoms with Crippen LogP contribution >= 0.6 is 23.2 Å². The summed E-state index contributed by atoms with van der Waals surface area (Å²) in [5.41, 5.74) is 4.74. The molecule has 1 atom stereocenters. The first-order valence-electron chi connectivity index (χ1n) is 6.56. The highest BCUT2D eigenvalue weighted by Crippen LogP contribution is 2.27. The lowest BCUT2D eigenvalue weighted by Gasteiger charge is -2.19. The van der Waals surface area contributed by atoms with E-state index in [0.29, 0.717) is 10.0 Å². The largest absolute Gasteiger partial charge is 0.311 e. The van der Waals surface area contributed by atoms with Gasteiger partial charge in [-0.2, -0.15) is 0 Å². The average Bonchev–Trinajstić information content (AvgIpc) is 2.40. The molecule has 106 valence electrons. The van der Waals surface area contributed by atoms with E-state index in [0.717, 1.165) is 12.1 Å². The maximum Gasteiger partial charge on any atom is 0.0763 e. The molecule has 0 fully saturated rings. The van der Waals surface area contributed by atoms with E-state index in [-0.39, 0.29) is 6.04 Å². The molecule has 0 aliphatic rings. The fourth-order valence-electron chi connectivity index (χ4n) is 2.39. The van der Waals surface area contributed by atoms with Crippen molar-refractivity contribution in [3.63, 3.8) is 0 Å². The van der Waals surface area contributed by atoms with Crippen molar-refractivity contribution in [1.82, 2.24) is 10.3 Å². The van der Waals surface area contributed by atoms with Crippen LogP contribution in [0.3, 0.4) is 0 Å². The third-order valence-electron chi connectivity index (χ3n) is 3.57. The van der Waals surface area contributed by atoms with Crippen LogP contribution in [0.25, 0.3) is 0 Å². The van der Waals surface area contributed by atoms with Crippen molar-refractivity contribution in [3.8, 4) is 0 Å². The minimum absolute atomic E-state index is 0.0690. The van der Waals surface area contributed by atoms with Gasteiger partial charge in [0.2, 0.25) is 0 Å². The number of benzene rings is 1. The molecule has 0 bridgehead atoms. The summed E-state index contributed by atoms with van der Waals surface area (Å²) in [6.45, 7) is 4.26. The van der Waals surface area contributed by atoms with Crippen molar-refractivity contribution in [1.29, 1.82) is 0 Å². The van der Waals surface area contributed by atoms with Gasteiger partial charge in [0.1, 0.15) is 0 Å². The minimum Gasteiger partial charge on any atom is -0.311 e. The van der Waals surface area contributed by atoms with Gasteiger partial charge in [0.25, 0.3) is 0 Å². The molecule has 1 heterocycles. The van der Waals surface area contributed by atoms with Crippen molar-refractivity contribution >= 4 is 23.2 Å². The number of hydrogen-bond donors (Lipinski definition) is 1. The Kier molecular flexibility index (Phi) is 5.03. The number of rotatable bonds is 4. The predicted molar refractivity (Wildman–Crippen MR) is 85.7 cm³/mol. The molecule has 1 unspecified atom stereocenters. The molecule has 0 aliphatic carbocycles. The van der Waals surface area contributed by atoms with Crippen LogP contribution in [0, 0.1) is 13.8 Å². The number of hydrogen-bond acceptors (Lipinski definition) is 2. The Bertz CT molecular complexity index is 591. The molecular weight excluding hydrogens is 291 g/mol. The predicted octanol–water partition coefficient (Wildman–Crippen LogP) is 4.51. The zero-order valence-corrected chi connectivity index (χ0v) is 13.4. The van der Waals surface area contributed by atoms with E-state index in [4.69, 9.17) is 23.2 Å². The van der Waals surface area contributed by atoms with Crippen LogP contribution in [0.1, 0.15) is 28.4 Å². The van der Waals surface area contributed by atoms with E-state index >= 15 is 0 Å². The minimum atomic E-state index is 0.0690. The van der Waals surface area contributed by atoms with E-state index in [1.54, 1.807) is 12.3 Å². The molecule has 2 aromatic rings. The van der Waals surface area contributed by atoms with Crippen molar-refractivity contribution in [2.24, 2.45) is 0 Å². The van der Waals surface area contributed by atoms with Gasteiger partial charge in [-0.05, 0) is 50.1 Å². The number of nitrogens with zero attached hydrogens (tertiary/aromatic N) is 1. The molecule has 0 amide bonds. The molecule has 1 N–H and O–H groups in total. The Balaban J connectivity index is 2.34. The van der Waals surface area contributed by atoms with Gasteiger partial charge in [0, 0.05) is 6.20 Å². The highest BCUT2D eigenvalue weighted by Gasteiger charge is 2.17. The highest BCUT2D eigenvalue weighted by atomic mass is 35.5. The molecule has 20 heavy (non-hydrogen) atoms. The van der Waals surface area contributed by atoms with Crippen LogP contribution in [-0.2, 0) is 6.42 Å². The Hall–Kier alpha value is -1.09. The van der Waals surface area contributed by atoms with E-state index in [2.05, 4.69) is 42.3 Å². The van der Waals surface area contributed by atoms with Gasteiger partial charge in [0.15, 0.2) is 0 Å². The standard InChI is InChI=1S/C16H18Cl2N2/c1-10-5-4-6-11(2)13(10)8-15(19-3)16-14(18)7-12(17)9-20-16/h4-7,9,15,19H,8H2,1-3H3. The topological polar surface area (TPSA) is 24.9 Å². The first-order valence-corrected chi connectivity index (χ1v) is 7.31. The zero-order valence-electron chi connectivity index (χ0n) is 11.9. The SMILES string of the molecule is CNC(Cc1c(C)cccc1C)c1ncc(Cl)cc1Cl. The van der Waals surface area contributed by atoms with E-state index in [9.17, 15) is 0 Å². The second kappa shape index (κ2) is 6.57. The summed E-state index contributed by atoms with van der Waals surface area (Å²) in [6.07, 6.45) is 2.49. The van der Waals surface area contributed by atoms with Crippen LogP contribution in [0.4, 0.5) is 0 Å². The quantitative estimate of drug-likeness (QED) is 0.899. The smallest absolute Gasteiger partial charge is 0.0763 e. The molecule has 0 aliphatic heterocycles. The van der Waals surface area contributed by atoms with Crippen molar-refractivity contribution in [2.75, 3.05) is 7.05 Å². The molecule has 1 aromatic heterocycles. The fraction of sp³-hybridized carbons (Fsp3) is 0.312. The van der Waals surface area contributed by atoms with Crippen LogP contribution in [0.5, 0.6) is 0 Å². The van der Waals surface area contributed by atoms with Crippen molar-refractivity contribution < 1.29 is 0 Å². The van der Waals surface area contributed by atoms with Gasteiger partial charge in [-0.3, -0.25) is 4.98 Å². The van der Waals surface area contributed by atoms with Crippen LogP contribution in [-0.4, -0.2) is 12.0 Å². The van der Waals surface area contributed by atoms with Gasteiger partial charge >= 0.3 is 0 Å². The zero-order chi connectivity index (χ0) is 14.7. The van der Waals surface area contributed by atoms with Gasteiger partial charge < -0.3 is 5.32 Å². The second-order valence-corrected chi connectivity index (χ2v) is 5.78. The van der Waals surface area contributed by atoms with Crippen LogP contribution in [0.15, 0.2) is 30.5 Å². The summed E-state index contributed by atoms with van der Waals surface area (Å²) >= 11 is 12.2. The summed E-state index contributed by atoms with van der Waals surface area (Å²) < 4.78 is 0. The molecule has 0 radical (unpaired) electrons. The molecule has 4 heteroatoms. The maximum absolute atomic E-state index is 6.26. The lowest BCUT2D eigenvalue weighted by atomic mass is 9.95. The number of pyridine rings is 1. The van der Waals surface area contributed by atoms with E-state index in [1.165, 1.54) is 16.7 Å². The number of aryl methyl sites for hydroxylation is 2. The van der Waals surface area contributed by atoms with Gasteiger partial charge in [-0.1, -0.05) is 41.4 Å². The summed E-state index contributed by atoms with van der Waals surface area (Å²) in [5, 5.41) is 4.45. The summed E-state index contributed by atoms with van der Waals surface area (Å²) in [6, 6.07) is 8.15. The lowest BCUT2D eigenvalue weighted by molar-refractivity contribution is 0.573. The Morgan fingerprint density at radius 1 is 1.20 bits per heavy atom. The van der Waals surface area contributed by atoms with E-state index in [1.807, 2.05) is 7.05 Å². The average molecular weight is 309 g/mol. The van der Waals surface area contributed by atoms with Crippen LogP contribution in [0.2, 0.25) is 10.0 Å². The Morgan fingerprint density at radius 2 is 1.85 bits per heavy atom. The third-order valence-corrected chi connectivity index (χ3v) is 4.08. The molecular formula is C16H18Cl2N2. The maximum atomic E-state index is 6.26. The number of likely N-dealkylation sites (N-methyl/N-ethyl adjacent to an activating group) is 1. The first-order chi connectivity index (χ1) is 9.52. The molecule has 0 saturated carbocycles. The van der Waals surface area contributed by atoms with Crippen molar-refractivity contribution in [3.05, 3.63) is 62.9 Å². The molecule has 2 rings (SSSR count). The fourth-order valence-corrected chi connectivity index (χ4v) is 2.90.